The van der Waals surface area contributed by atoms with Gasteiger partial charge in [0.15, 0.2) is 0 Å². The number of hydrogen-bond acceptors (Lipinski definition) is 5. The molecule has 5 rings (SSSR count). The van der Waals surface area contributed by atoms with Gasteiger partial charge in [0.2, 0.25) is 17.6 Å². The maximum Gasteiger partial charge on any atom is 0.232 e. The van der Waals surface area contributed by atoms with Crippen molar-refractivity contribution in [1.29, 1.82) is 0 Å². The molecule has 4 aromatic rings. The minimum Gasteiger partial charge on any atom is -0.489 e. The molecule has 33 heavy (non-hydrogen) atoms. The lowest BCUT2D eigenvalue weighted by Gasteiger charge is -2.19. The van der Waals surface area contributed by atoms with Crippen LogP contribution in [0.5, 0.6) is 5.75 Å². The number of benzene rings is 3. The second-order valence-electron chi connectivity index (χ2n) is 8.04. The number of ether oxygens (including phenoxy) is 1. The first-order chi connectivity index (χ1) is 16.1. The lowest BCUT2D eigenvalue weighted by Crippen LogP contribution is -2.25. The molecule has 1 aromatic heterocycles. The van der Waals surface area contributed by atoms with Gasteiger partial charge in [0.05, 0.1) is 5.92 Å². The highest BCUT2D eigenvalue weighted by molar-refractivity contribution is 6.31. The van der Waals surface area contributed by atoms with Gasteiger partial charge in [0, 0.05) is 29.2 Å². The van der Waals surface area contributed by atoms with E-state index in [-0.39, 0.29) is 11.8 Å². The zero-order valence-corrected chi connectivity index (χ0v) is 18.8. The number of nitrogens with zero attached hydrogens (tertiary/aromatic N) is 3. The first kappa shape index (κ1) is 21.2. The summed E-state index contributed by atoms with van der Waals surface area (Å²) in [5.74, 6) is 1.57. The van der Waals surface area contributed by atoms with Gasteiger partial charge in [-0.15, -0.1) is 0 Å². The number of aromatic nitrogens is 2. The third-order valence-corrected chi connectivity index (χ3v) is 6.22. The van der Waals surface area contributed by atoms with Crippen molar-refractivity contribution in [1.82, 2.24) is 10.1 Å². The van der Waals surface area contributed by atoms with Crippen molar-refractivity contribution in [2.24, 2.45) is 0 Å². The SMILES string of the molecule is Cc1c(Cl)cccc1N1CC(c2nc(-c3ccc(OCc4ccccc4)cc3)no2)CC1=O. The Bertz CT molecular complexity index is 1270. The van der Waals surface area contributed by atoms with E-state index in [1.165, 1.54) is 0 Å². The lowest BCUT2D eigenvalue weighted by atomic mass is 10.1. The van der Waals surface area contributed by atoms with Gasteiger partial charge in [0.25, 0.3) is 0 Å². The van der Waals surface area contributed by atoms with Crippen molar-refractivity contribution in [3.05, 3.63) is 94.8 Å². The highest BCUT2D eigenvalue weighted by atomic mass is 35.5. The summed E-state index contributed by atoms with van der Waals surface area (Å²) in [6.45, 7) is 2.90. The van der Waals surface area contributed by atoms with Gasteiger partial charge < -0.3 is 14.2 Å². The van der Waals surface area contributed by atoms with Crippen LogP contribution in [0.3, 0.4) is 0 Å². The van der Waals surface area contributed by atoms with E-state index in [0.717, 1.165) is 28.1 Å². The van der Waals surface area contributed by atoms with Gasteiger partial charge in [-0.3, -0.25) is 4.79 Å². The van der Waals surface area contributed by atoms with Crippen LogP contribution in [0.15, 0.2) is 77.3 Å². The first-order valence-corrected chi connectivity index (χ1v) is 11.1. The molecule has 0 N–H and O–H groups in total. The fraction of sp³-hybridized carbons (Fsp3) is 0.192. The standard InChI is InChI=1S/C26H22ClN3O3/c1-17-22(27)8-5-9-23(17)30-15-20(14-24(30)31)26-28-25(29-33-26)19-10-12-21(13-11-19)32-16-18-6-3-2-4-7-18/h2-13,20H,14-16H2,1H3. The van der Waals surface area contributed by atoms with Crippen LogP contribution in [0.25, 0.3) is 11.4 Å². The van der Waals surface area contributed by atoms with Crippen LogP contribution in [-0.2, 0) is 11.4 Å². The van der Waals surface area contributed by atoms with Crippen molar-refractivity contribution in [3.8, 4) is 17.1 Å². The Morgan fingerprint density at radius 3 is 2.64 bits per heavy atom. The summed E-state index contributed by atoms with van der Waals surface area (Å²) in [6, 6.07) is 23.2. The van der Waals surface area contributed by atoms with E-state index in [1.54, 1.807) is 4.90 Å². The number of halogens is 1. The largest absolute Gasteiger partial charge is 0.489 e. The molecule has 1 aliphatic rings. The first-order valence-electron chi connectivity index (χ1n) is 10.7. The number of hydrogen-bond donors (Lipinski definition) is 0. The predicted molar refractivity (Wildman–Crippen MR) is 126 cm³/mol. The molecule has 166 valence electrons. The summed E-state index contributed by atoms with van der Waals surface area (Å²) < 4.78 is 11.4. The lowest BCUT2D eigenvalue weighted by molar-refractivity contribution is -0.117. The number of anilines is 1. The van der Waals surface area contributed by atoms with Crippen LogP contribution in [-0.4, -0.2) is 22.6 Å². The molecular formula is C26H22ClN3O3. The van der Waals surface area contributed by atoms with Crippen LogP contribution < -0.4 is 9.64 Å². The molecule has 1 aliphatic heterocycles. The molecule has 0 bridgehead atoms. The minimum atomic E-state index is -0.161. The minimum absolute atomic E-state index is 0.0186. The van der Waals surface area contributed by atoms with Gasteiger partial charge >= 0.3 is 0 Å². The molecule has 1 amide bonds. The quantitative estimate of drug-likeness (QED) is 0.364. The van der Waals surface area contributed by atoms with Crippen molar-refractivity contribution in [2.75, 3.05) is 11.4 Å². The summed E-state index contributed by atoms with van der Waals surface area (Å²) >= 11 is 6.24. The van der Waals surface area contributed by atoms with Crippen LogP contribution >= 0.6 is 11.6 Å². The van der Waals surface area contributed by atoms with Gasteiger partial charge in [-0.1, -0.05) is 53.2 Å². The molecule has 6 nitrogen and oxygen atoms in total. The molecule has 0 aliphatic carbocycles. The predicted octanol–water partition coefficient (Wildman–Crippen LogP) is 5.80. The zero-order valence-electron chi connectivity index (χ0n) is 18.1. The number of rotatable bonds is 6. The van der Waals surface area contributed by atoms with Gasteiger partial charge in [-0.2, -0.15) is 4.98 Å². The van der Waals surface area contributed by atoms with Gasteiger partial charge in [-0.05, 0) is 54.4 Å². The van der Waals surface area contributed by atoms with E-state index >= 15 is 0 Å². The van der Waals surface area contributed by atoms with Crippen LogP contribution in [0.1, 0.15) is 29.4 Å². The smallest absolute Gasteiger partial charge is 0.232 e. The Hall–Kier alpha value is -3.64. The van der Waals surface area contributed by atoms with E-state index in [4.69, 9.17) is 20.9 Å². The second-order valence-corrected chi connectivity index (χ2v) is 8.45. The fourth-order valence-corrected chi connectivity index (χ4v) is 4.12. The van der Waals surface area contributed by atoms with E-state index in [1.807, 2.05) is 79.7 Å². The Morgan fingerprint density at radius 1 is 1.06 bits per heavy atom. The number of carbonyl (C=O) groups excluding carboxylic acids is 1. The molecule has 0 radical (unpaired) electrons. The zero-order chi connectivity index (χ0) is 22.8. The summed E-state index contributed by atoms with van der Waals surface area (Å²) in [5.41, 5.74) is 3.64. The van der Waals surface area contributed by atoms with Crippen molar-refractivity contribution in [3.63, 3.8) is 0 Å². The van der Waals surface area contributed by atoms with E-state index in [9.17, 15) is 4.79 Å². The van der Waals surface area contributed by atoms with Crippen molar-refractivity contribution in [2.45, 2.75) is 25.9 Å². The average Bonchev–Trinajstić information content (AvgIpc) is 3.48. The van der Waals surface area contributed by atoms with Crippen molar-refractivity contribution >= 4 is 23.2 Å². The molecule has 7 heteroatoms. The maximum absolute atomic E-state index is 12.7. The fourth-order valence-electron chi connectivity index (χ4n) is 3.95. The molecule has 1 fully saturated rings. The Balaban J connectivity index is 1.26. The summed E-state index contributed by atoms with van der Waals surface area (Å²) in [5, 5.41) is 4.77. The molecular weight excluding hydrogens is 438 g/mol. The van der Waals surface area contributed by atoms with E-state index in [2.05, 4.69) is 10.1 Å². The third kappa shape index (κ3) is 4.47. The molecule has 3 aromatic carbocycles. The molecule has 1 unspecified atom stereocenters. The van der Waals surface area contributed by atoms with Crippen molar-refractivity contribution < 1.29 is 14.1 Å². The Kier molecular flexibility index (Phi) is 5.84. The normalized spacial score (nSPS) is 15.8. The topological polar surface area (TPSA) is 68.5 Å². The molecule has 1 saturated heterocycles. The van der Waals surface area contributed by atoms with Crippen LogP contribution in [0, 0.1) is 6.92 Å². The average molecular weight is 460 g/mol. The summed E-state index contributed by atoms with van der Waals surface area (Å²) in [4.78, 5) is 19.0. The second kappa shape index (κ2) is 9.08. The molecule has 0 spiro atoms. The Labute approximate surface area is 196 Å². The summed E-state index contributed by atoms with van der Waals surface area (Å²) in [7, 11) is 0. The van der Waals surface area contributed by atoms with Crippen LogP contribution in [0.4, 0.5) is 5.69 Å². The van der Waals surface area contributed by atoms with E-state index < -0.39 is 0 Å². The maximum atomic E-state index is 12.7. The third-order valence-electron chi connectivity index (χ3n) is 5.81. The van der Waals surface area contributed by atoms with Gasteiger partial charge in [-0.25, -0.2) is 0 Å². The number of carbonyl (C=O) groups is 1. The monoisotopic (exact) mass is 459 g/mol. The molecule has 0 saturated carbocycles. The Morgan fingerprint density at radius 2 is 1.85 bits per heavy atom. The molecule has 1 atom stereocenters. The number of amides is 1. The van der Waals surface area contributed by atoms with Crippen LogP contribution in [0.2, 0.25) is 5.02 Å². The highest BCUT2D eigenvalue weighted by Crippen LogP contribution is 2.35. The van der Waals surface area contributed by atoms with Gasteiger partial charge in [0.1, 0.15) is 12.4 Å². The molecule has 2 heterocycles. The summed E-state index contributed by atoms with van der Waals surface area (Å²) in [6.07, 6.45) is 0.319. The van der Waals surface area contributed by atoms with E-state index in [0.29, 0.717) is 36.3 Å². The highest BCUT2D eigenvalue weighted by Gasteiger charge is 2.36.